The fraction of sp³-hybridized carbons (Fsp3) is 0.417. The average Bonchev–Trinajstić information content (AvgIpc) is 3.28. The number of carbonyl (C=O) groups excluding carboxylic acids is 2. The van der Waals surface area contributed by atoms with Gasteiger partial charge in [0.25, 0.3) is 0 Å². The summed E-state index contributed by atoms with van der Waals surface area (Å²) >= 11 is 0. The molecule has 0 spiro atoms. The standard InChI is InChI=1S/2C22H28FN3O6S.C4H11N5.Ca.ClH/c2*1-13(2)20-18(10-9-16(27)11-17(28)12-19(29)30)21(14-5-7-15(23)8-6-14)25-22(24-20)26(3)33(4,31)32;1-9(2)4(7)8-3(5)6;;/h2*5-10,13,16-17,27-28H,11-12H2,1-4H3,(H,29,30);1-2H3,(H5,5,6,7,8);;1H/q;;;+2;/p-2/b2*10-9+;;;/t2*16-,17-;;;/m11.../s1. The maximum Gasteiger partial charge on any atom is 2.00 e. The normalized spacial score (nSPS) is 12.9. The van der Waals surface area contributed by atoms with Crippen LogP contribution in [0.1, 0.15) is 87.7 Å². The zero-order valence-corrected chi connectivity index (χ0v) is 48.9. The quantitative estimate of drug-likeness (QED) is 0.0368. The molecular formula is C48H66CaClF2N11O12S2. The van der Waals surface area contributed by atoms with Crippen molar-refractivity contribution >= 4 is 118 Å². The number of carboxylic acid groups (broad SMARTS) is 2. The van der Waals surface area contributed by atoms with Crippen LogP contribution in [0.5, 0.6) is 0 Å². The van der Waals surface area contributed by atoms with Crippen molar-refractivity contribution in [3.05, 3.63) is 94.8 Å². The molecule has 0 radical (unpaired) electrons. The van der Waals surface area contributed by atoms with Gasteiger partial charge >= 0.3 is 37.7 Å². The van der Waals surface area contributed by atoms with Crippen LogP contribution in [0.2, 0.25) is 0 Å². The number of nitrogens with one attached hydrogen (secondary N) is 1. The molecule has 0 saturated carbocycles. The molecule has 0 bridgehead atoms. The van der Waals surface area contributed by atoms with E-state index in [0.29, 0.717) is 45.0 Å². The molecule has 4 aromatic rings. The second-order valence-corrected chi connectivity index (χ2v) is 21.7. The molecule has 0 saturated heterocycles. The van der Waals surface area contributed by atoms with Gasteiger partial charge in [0, 0.05) is 88.1 Å². The van der Waals surface area contributed by atoms with Gasteiger partial charge in [-0.25, -0.2) is 54.2 Å². The van der Waals surface area contributed by atoms with Crippen LogP contribution in [-0.4, -0.2) is 189 Å². The maximum absolute atomic E-state index is 13.5. The fourth-order valence-electron chi connectivity index (χ4n) is 6.29. The molecule has 4 atom stereocenters. The molecule has 4 rings (SSSR count). The van der Waals surface area contributed by atoms with Gasteiger partial charge in [0.1, 0.15) is 11.6 Å². The molecule has 0 amide bonds. The first kappa shape index (κ1) is 71.5. The molecule has 0 fully saturated rings. The van der Waals surface area contributed by atoms with Crippen molar-refractivity contribution in [2.75, 3.05) is 49.3 Å². The summed E-state index contributed by atoms with van der Waals surface area (Å²) in [6, 6.07) is 10.9. The van der Waals surface area contributed by atoms with Crippen LogP contribution < -0.4 is 30.3 Å². The zero-order valence-electron chi connectivity index (χ0n) is 44.2. The smallest absolute Gasteiger partial charge is 0.550 e. The number of sulfonamides is 2. The molecule has 420 valence electrons. The Kier molecular flexibility index (Phi) is 30.1. The van der Waals surface area contributed by atoms with E-state index < -0.39 is 80.9 Å². The maximum atomic E-state index is 13.5. The number of benzene rings is 2. The summed E-state index contributed by atoms with van der Waals surface area (Å²) < 4.78 is 77.1. The number of aliphatic hydroxyl groups excluding tert-OH is 4. The van der Waals surface area contributed by atoms with E-state index in [2.05, 4.69) is 24.9 Å². The minimum absolute atomic E-state index is 0. The molecule has 9 N–H and O–H groups in total. The van der Waals surface area contributed by atoms with Gasteiger partial charge in [-0.05, 0) is 60.4 Å². The molecule has 2 heterocycles. The second-order valence-electron chi connectivity index (χ2n) is 17.7. The minimum atomic E-state index is -3.66. The average molecular weight is 1170 g/mol. The van der Waals surface area contributed by atoms with Crippen LogP contribution in [0.3, 0.4) is 0 Å². The number of rotatable bonds is 20. The van der Waals surface area contributed by atoms with E-state index in [1.165, 1.54) is 91.8 Å². The van der Waals surface area contributed by atoms with Gasteiger partial charge in [0.05, 0.1) is 59.7 Å². The Balaban J connectivity index is 0.00000126. The number of hydrogen-bond acceptors (Lipinski definition) is 17. The van der Waals surface area contributed by atoms with Gasteiger partial charge < -0.3 is 56.6 Å². The third-order valence-corrected chi connectivity index (χ3v) is 12.6. The first-order valence-corrected chi connectivity index (χ1v) is 26.4. The van der Waals surface area contributed by atoms with Crippen LogP contribution in [0, 0.1) is 17.0 Å². The van der Waals surface area contributed by atoms with Gasteiger partial charge in [-0.2, -0.15) is 4.99 Å². The largest absolute Gasteiger partial charge is 2.00 e. The number of aromatic nitrogens is 4. The van der Waals surface area contributed by atoms with E-state index in [0.717, 1.165) is 21.1 Å². The summed E-state index contributed by atoms with van der Waals surface area (Å²) in [5.74, 6) is -4.32. The van der Waals surface area contributed by atoms with Crippen LogP contribution in [0.4, 0.5) is 20.7 Å². The first-order chi connectivity index (χ1) is 34.6. The van der Waals surface area contributed by atoms with E-state index in [1.54, 1.807) is 14.1 Å². The summed E-state index contributed by atoms with van der Waals surface area (Å²) in [4.78, 5) is 43.8. The zero-order chi connectivity index (χ0) is 57.3. The van der Waals surface area contributed by atoms with Crippen molar-refractivity contribution in [2.45, 2.75) is 89.6 Å². The van der Waals surface area contributed by atoms with Crippen LogP contribution in [-0.2, 0) is 29.6 Å². The number of anilines is 2. The van der Waals surface area contributed by atoms with Crippen molar-refractivity contribution < 1.29 is 65.8 Å². The third kappa shape index (κ3) is 24.4. The molecule has 77 heavy (non-hydrogen) atoms. The molecule has 0 aliphatic carbocycles. The topological polar surface area (TPSA) is 379 Å². The Morgan fingerprint density at radius 3 is 1.21 bits per heavy atom. The van der Waals surface area contributed by atoms with Gasteiger partial charge in [-0.15, -0.1) is 12.4 Å². The summed E-state index contributed by atoms with van der Waals surface area (Å²) in [6.07, 6.45) is 1.16. The van der Waals surface area contributed by atoms with Gasteiger partial charge in [-0.3, -0.25) is 5.41 Å². The summed E-state index contributed by atoms with van der Waals surface area (Å²) in [5.41, 5.74) is 13.5. The molecule has 0 aliphatic rings. The Morgan fingerprint density at radius 1 is 0.662 bits per heavy atom. The van der Waals surface area contributed by atoms with Gasteiger partial charge in [0.15, 0.2) is 5.96 Å². The van der Waals surface area contributed by atoms with E-state index >= 15 is 0 Å². The summed E-state index contributed by atoms with van der Waals surface area (Å²) in [6.45, 7) is 7.38. The first-order valence-electron chi connectivity index (χ1n) is 22.7. The minimum Gasteiger partial charge on any atom is -0.550 e. The SMILES string of the molecule is CC(C)c1nc(N(C)S(C)(=O)=O)nc(-c2ccc(F)cc2)c1/C=C/[C@@H](O)C[C@@H](O)CC(=O)[O-].CC(C)c1nc(N(C)S(C)(=O)=O)nc(-c2ccc(F)cc2)c1/C=C/[C@@H](O)C[C@@H](O)CC(=O)[O-].CN(C)C(=N)N=C(N)N.Cl.[Ca+2]. The Hall–Kier alpha value is -5.49. The van der Waals surface area contributed by atoms with Gasteiger partial charge in [0.2, 0.25) is 37.9 Å². The molecular weight excluding hydrogens is 1100 g/mol. The summed E-state index contributed by atoms with van der Waals surface area (Å²) in [7, 11) is -1.29. The van der Waals surface area contributed by atoms with E-state index in [4.69, 9.17) is 16.9 Å². The third-order valence-electron chi connectivity index (χ3n) is 10.3. The number of aliphatic carboxylic acids is 2. The van der Waals surface area contributed by atoms with Crippen LogP contribution in [0.15, 0.2) is 65.7 Å². The van der Waals surface area contributed by atoms with Crippen LogP contribution in [0.25, 0.3) is 34.7 Å². The van der Waals surface area contributed by atoms with Gasteiger partial charge in [-0.1, -0.05) is 52.0 Å². The Bertz CT molecular complexity index is 2740. The predicted molar refractivity (Wildman–Crippen MR) is 290 cm³/mol. The number of hydrogen-bond donors (Lipinski definition) is 7. The number of halogens is 3. The monoisotopic (exact) mass is 1170 g/mol. The number of aliphatic imine (C=N–C) groups is 1. The summed E-state index contributed by atoms with van der Waals surface area (Å²) in [5, 5.41) is 68.2. The number of nitrogens with two attached hydrogens (primary N) is 2. The fourth-order valence-corrected chi connectivity index (χ4v) is 7.05. The molecule has 2 aromatic heterocycles. The van der Waals surface area contributed by atoms with E-state index in [-0.39, 0.29) is 98.6 Å². The Morgan fingerprint density at radius 2 is 0.974 bits per heavy atom. The van der Waals surface area contributed by atoms with Crippen LogP contribution >= 0.6 is 12.4 Å². The number of carbonyl (C=O) groups is 2. The van der Waals surface area contributed by atoms with Crippen molar-refractivity contribution in [3.8, 4) is 22.5 Å². The van der Waals surface area contributed by atoms with Crippen molar-refractivity contribution in [1.29, 1.82) is 5.41 Å². The molecule has 23 nitrogen and oxygen atoms in total. The van der Waals surface area contributed by atoms with E-state index in [1.807, 2.05) is 27.7 Å². The number of guanidine groups is 2. The second kappa shape index (κ2) is 32.4. The molecule has 0 unspecified atom stereocenters. The van der Waals surface area contributed by atoms with E-state index in [9.17, 15) is 65.8 Å². The number of carboxylic acids is 2. The Labute approximate surface area is 483 Å². The van der Waals surface area contributed by atoms with Crippen molar-refractivity contribution in [2.24, 2.45) is 16.5 Å². The van der Waals surface area contributed by atoms with Crippen molar-refractivity contribution in [1.82, 2.24) is 24.8 Å². The molecule has 2 aromatic carbocycles. The predicted octanol–water partition coefficient (Wildman–Crippen LogP) is 0.931. The molecule has 0 aliphatic heterocycles. The molecule has 29 heteroatoms. The van der Waals surface area contributed by atoms with Crippen molar-refractivity contribution in [3.63, 3.8) is 0 Å². The number of nitrogens with zero attached hydrogens (tertiary/aromatic N) is 8. The number of aliphatic hydroxyl groups is 4.